The summed E-state index contributed by atoms with van der Waals surface area (Å²) in [5.74, 6) is -0.0318. The van der Waals surface area contributed by atoms with Crippen LogP contribution in [0.2, 0.25) is 0 Å². The van der Waals surface area contributed by atoms with Gasteiger partial charge in [0.25, 0.3) is 0 Å². The number of hydrogen-bond donors (Lipinski definition) is 1. The lowest BCUT2D eigenvalue weighted by molar-refractivity contribution is -0.114. The van der Waals surface area contributed by atoms with Crippen LogP contribution in [0, 0.1) is 0 Å². The SMILES string of the molecule is CC(=O)Nc1ccc2c(c1)CCc1ccccc1C2=O. The maximum atomic E-state index is 12.6. The van der Waals surface area contributed by atoms with E-state index in [0.717, 1.165) is 40.8 Å². The molecule has 0 aromatic heterocycles. The van der Waals surface area contributed by atoms with Gasteiger partial charge in [-0.2, -0.15) is 0 Å². The number of benzene rings is 2. The van der Waals surface area contributed by atoms with E-state index in [2.05, 4.69) is 5.32 Å². The number of carbonyl (C=O) groups is 2. The van der Waals surface area contributed by atoms with E-state index < -0.39 is 0 Å². The number of amides is 1. The lowest BCUT2D eigenvalue weighted by atomic mass is 9.98. The molecule has 1 N–H and O–H groups in total. The summed E-state index contributed by atoms with van der Waals surface area (Å²) in [5, 5.41) is 2.76. The van der Waals surface area contributed by atoms with Crippen LogP contribution in [0.3, 0.4) is 0 Å². The van der Waals surface area contributed by atoms with Gasteiger partial charge in [0.1, 0.15) is 0 Å². The molecule has 20 heavy (non-hydrogen) atoms. The van der Waals surface area contributed by atoms with Crippen LogP contribution in [-0.4, -0.2) is 11.7 Å². The number of ketones is 1. The Bertz CT molecular complexity index is 704. The summed E-state index contributed by atoms with van der Waals surface area (Å²) in [4.78, 5) is 23.7. The average molecular weight is 265 g/mol. The van der Waals surface area contributed by atoms with Crippen molar-refractivity contribution >= 4 is 17.4 Å². The summed E-state index contributed by atoms with van der Waals surface area (Å²) in [6, 6.07) is 13.2. The minimum absolute atomic E-state index is 0.0717. The molecular weight excluding hydrogens is 250 g/mol. The first-order valence-corrected chi connectivity index (χ1v) is 6.68. The van der Waals surface area contributed by atoms with Crippen molar-refractivity contribution in [1.29, 1.82) is 0 Å². The monoisotopic (exact) mass is 265 g/mol. The maximum Gasteiger partial charge on any atom is 0.221 e. The number of fused-ring (bicyclic) bond motifs is 2. The van der Waals surface area contributed by atoms with E-state index in [1.54, 1.807) is 6.07 Å². The third-order valence-corrected chi connectivity index (χ3v) is 3.60. The lowest BCUT2D eigenvalue weighted by Crippen LogP contribution is -2.08. The van der Waals surface area contributed by atoms with Gasteiger partial charge in [0.2, 0.25) is 5.91 Å². The number of carbonyl (C=O) groups excluding carboxylic acids is 2. The molecule has 0 atom stereocenters. The fourth-order valence-electron chi connectivity index (χ4n) is 2.68. The molecule has 100 valence electrons. The van der Waals surface area contributed by atoms with Crippen LogP contribution >= 0.6 is 0 Å². The molecule has 0 saturated carbocycles. The molecule has 1 aliphatic carbocycles. The molecule has 1 amide bonds. The van der Waals surface area contributed by atoms with Crippen LogP contribution in [0.15, 0.2) is 42.5 Å². The number of nitrogens with one attached hydrogen (secondary N) is 1. The fourth-order valence-corrected chi connectivity index (χ4v) is 2.68. The molecule has 0 radical (unpaired) electrons. The van der Waals surface area contributed by atoms with E-state index in [9.17, 15) is 9.59 Å². The highest BCUT2D eigenvalue weighted by Crippen LogP contribution is 2.26. The highest BCUT2D eigenvalue weighted by atomic mass is 16.1. The Morgan fingerprint density at radius 2 is 1.70 bits per heavy atom. The van der Waals surface area contributed by atoms with E-state index >= 15 is 0 Å². The largest absolute Gasteiger partial charge is 0.326 e. The molecular formula is C17H15NO2. The van der Waals surface area contributed by atoms with Crippen molar-refractivity contribution in [2.45, 2.75) is 19.8 Å². The number of aryl methyl sites for hydroxylation is 2. The summed E-state index contributed by atoms with van der Waals surface area (Å²) in [7, 11) is 0. The second-order valence-electron chi connectivity index (χ2n) is 5.04. The third kappa shape index (κ3) is 2.23. The van der Waals surface area contributed by atoms with Gasteiger partial charge in [-0.1, -0.05) is 24.3 Å². The highest BCUT2D eigenvalue weighted by molar-refractivity contribution is 6.11. The van der Waals surface area contributed by atoms with Crippen LogP contribution in [0.1, 0.15) is 34.0 Å². The summed E-state index contributed by atoms with van der Waals surface area (Å²) >= 11 is 0. The van der Waals surface area contributed by atoms with Gasteiger partial charge in [-0.05, 0) is 42.2 Å². The average Bonchev–Trinajstić information content (AvgIpc) is 2.57. The first kappa shape index (κ1) is 12.6. The second kappa shape index (κ2) is 4.93. The molecule has 0 fully saturated rings. The number of hydrogen-bond acceptors (Lipinski definition) is 2. The summed E-state index contributed by atoms with van der Waals surface area (Å²) in [6.07, 6.45) is 1.66. The molecule has 2 aromatic rings. The van der Waals surface area contributed by atoms with Gasteiger partial charge in [0.05, 0.1) is 0 Å². The Kier molecular flexibility index (Phi) is 3.11. The van der Waals surface area contributed by atoms with Gasteiger partial charge in [-0.3, -0.25) is 9.59 Å². The molecule has 0 aliphatic heterocycles. The van der Waals surface area contributed by atoms with Gasteiger partial charge >= 0.3 is 0 Å². The Morgan fingerprint density at radius 1 is 1.00 bits per heavy atom. The molecule has 2 aromatic carbocycles. The standard InChI is InChI=1S/C17H15NO2/c1-11(19)18-14-8-9-16-13(10-14)7-6-12-4-2-3-5-15(12)17(16)20/h2-5,8-10H,6-7H2,1H3,(H,18,19). The molecule has 1 aliphatic rings. The van der Waals surface area contributed by atoms with Crippen molar-refractivity contribution in [3.63, 3.8) is 0 Å². The fraction of sp³-hybridized carbons (Fsp3) is 0.176. The molecule has 0 unspecified atom stereocenters. The van der Waals surface area contributed by atoms with Crippen molar-refractivity contribution < 1.29 is 9.59 Å². The van der Waals surface area contributed by atoms with Gasteiger partial charge in [0, 0.05) is 23.7 Å². The highest BCUT2D eigenvalue weighted by Gasteiger charge is 2.20. The van der Waals surface area contributed by atoms with Gasteiger partial charge in [0.15, 0.2) is 5.78 Å². The topological polar surface area (TPSA) is 46.2 Å². The maximum absolute atomic E-state index is 12.6. The molecule has 3 heteroatoms. The van der Waals surface area contributed by atoms with E-state index in [0.29, 0.717) is 0 Å². The first-order valence-electron chi connectivity index (χ1n) is 6.68. The van der Waals surface area contributed by atoms with Crippen molar-refractivity contribution in [3.05, 3.63) is 64.7 Å². The van der Waals surface area contributed by atoms with Gasteiger partial charge in [-0.25, -0.2) is 0 Å². The summed E-state index contributed by atoms with van der Waals surface area (Å²) in [6.45, 7) is 1.48. The van der Waals surface area contributed by atoms with Crippen molar-refractivity contribution in [2.75, 3.05) is 5.32 Å². The van der Waals surface area contributed by atoms with E-state index in [1.165, 1.54) is 6.92 Å². The number of rotatable bonds is 1. The van der Waals surface area contributed by atoms with Crippen molar-refractivity contribution in [2.24, 2.45) is 0 Å². The Labute approximate surface area is 117 Å². The zero-order valence-corrected chi connectivity index (χ0v) is 11.3. The van der Waals surface area contributed by atoms with E-state index in [-0.39, 0.29) is 11.7 Å². The molecule has 0 spiro atoms. The van der Waals surface area contributed by atoms with Crippen molar-refractivity contribution in [3.8, 4) is 0 Å². The second-order valence-corrected chi connectivity index (χ2v) is 5.04. The van der Waals surface area contributed by atoms with Crippen LogP contribution in [0.5, 0.6) is 0 Å². The van der Waals surface area contributed by atoms with Gasteiger partial charge in [-0.15, -0.1) is 0 Å². The minimum atomic E-state index is -0.104. The molecule has 0 bridgehead atoms. The predicted molar refractivity (Wildman–Crippen MR) is 78.0 cm³/mol. The third-order valence-electron chi connectivity index (χ3n) is 3.60. The quantitative estimate of drug-likeness (QED) is 0.861. The molecule has 3 nitrogen and oxygen atoms in total. The molecule has 0 heterocycles. The van der Waals surface area contributed by atoms with Crippen LogP contribution < -0.4 is 5.32 Å². The Hall–Kier alpha value is -2.42. The van der Waals surface area contributed by atoms with E-state index in [4.69, 9.17) is 0 Å². The smallest absolute Gasteiger partial charge is 0.221 e. The molecule has 3 rings (SSSR count). The minimum Gasteiger partial charge on any atom is -0.326 e. The Balaban J connectivity index is 2.05. The summed E-state index contributed by atoms with van der Waals surface area (Å²) in [5.41, 5.74) is 4.37. The Morgan fingerprint density at radius 3 is 2.50 bits per heavy atom. The van der Waals surface area contributed by atoms with E-state index in [1.807, 2.05) is 36.4 Å². The van der Waals surface area contributed by atoms with Crippen LogP contribution in [-0.2, 0) is 17.6 Å². The van der Waals surface area contributed by atoms with Crippen LogP contribution in [0.4, 0.5) is 5.69 Å². The van der Waals surface area contributed by atoms with Gasteiger partial charge < -0.3 is 5.32 Å². The lowest BCUT2D eigenvalue weighted by Gasteiger charge is -2.08. The molecule has 0 saturated heterocycles. The van der Waals surface area contributed by atoms with Crippen LogP contribution in [0.25, 0.3) is 0 Å². The predicted octanol–water partition coefficient (Wildman–Crippen LogP) is 2.97. The summed E-state index contributed by atoms with van der Waals surface area (Å²) < 4.78 is 0. The van der Waals surface area contributed by atoms with Crippen molar-refractivity contribution in [1.82, 2.24) is 0 Å². The zero-order chi connectivity index (χ0) is 14.1. The number of anilines is 1. The first-order chi connectivity index (χ1) is 9.65. The zero-order valence-electron chi connectivity index (χ0n) is 11.3. The normalized spacial score (nSPS) is 13.2.